The molecule has 1 rings (SSSR count). The maximum Gasteiger partial charge on any atom is 0.125 e. The molecule has 0 saturated heterocycles. The van der Waals surface area contributed by atoms with Gasteiger partial charge >= 0.3 is 0 Å². The van der Waals surface area contributed by atoms with Crippen LogP contribution in [0.25, 0.3) is 0 Å². The third-order valence-electron chi connectivity index (χ3n) is 2.39. The van der Waals surface area contributed by atoms with E-state index in [0.717, 1.165) is 22.4 Å². The van der Waals surface area contributed by atoms with Crippen LogP contribution in [-0.4, -0.2) is 29.5 Å². The van der Waals surface area contributed by atoms with Crippen LogP contribution in [0.5, 0.6) is 5.75 Å². The first-order chi connectivity index (χ1) is 7.58. The lowest BCUT2D eigenvalue weighted by atomic mass is 10.1. The first-order valence-electron chi connectivity index (χ1n) is 5.30. The van der Waals surface area contributed by atoms with E-state index in [2.05, 4.69) is 0 Å². The highest BCUT2D eigenvalue weighted by atomic mass is 16.5. The zero-order valence-electron chi connectivity index (χ0n) is 9.73. The van der Waals surface area contributed by atoms with Gasteiger partial charge in [-0.05, 0) is 30.5 Å². The molecule has 4 nitrogen and oxygen atoms in total. The number of aryl methyl sites for hydroxylation is 2. The van der Waals surface area contributed by atoms with E-state index in [0.29, 0.717) is 6.54 Å². The molecule has 0 fully saturated rings. The van der Waals surface area contributed by atoms with Gasteiger partial charge in [-0.1, -0.05) is 12.1 Å². The van der Waals surface area contributed by atoms with Crippen molar-refractivity contribution >= 4 is 0 Å². The fourth-order valence-corrected chi connectivity index (χ4v) is 1.62. The molecule has 4 N–H and O–H groups in total. The van der Waals surface area contributed by atoms with Crippen molar-refractivity contribution in [2.24, 2.45) is 5.73 Å². The van der Waals surface area contributed by atoms with Gasteiger partial charge in [-0.3, -0.25) is 0 Å². The summed E-state index contributed by atoms with van der Waals surface area (Å²) in [5, 5.41) is 17.9. The van der Waals surface area contributed by atoms with E-state index in [1.165, 1.54) is 0 Å². The van der Waals surface area contributed by atoms with Gasteiger partial charge in [-0.2, -0.15) is 0 Å². The summed E-state index contributed by atoms with van der Waals surface area (Å²) in [5.74, 6) is 0.754. The summed E-state index contributed by atoms with van der Waals surface area (Å²) in [7, 11) is 0. The Morgan fingerprint density at radius 2 is 1.88 bits per heavy atom. The number of aliphatic hydroxyl groups is 2. The lowest BCUT2D eigenvalue weighted by molar-refractivity contribution is 0.0532. The number of nitrogens with two attached hydrogens (primary N) is 1. The molecule has 0 aliphatic rings. The highest BCUT2D eigenvalue weighted by Gasteiger charge is 2.08. The average Bonchev–Trinajstić information content (AvgIpc) is 2.27. The Labute approximate surface area is 95.7 Å². The van der Waals surface area contributed by atoms with E-state index in [1.807, 2.05) is 26.0 Å². The van der Waals surface area contributed by atoms with Gasteiger partial charge in [0.2, 0.25) is 0 Å². The van der Waals surface area contributed by atoms with E-state index in [9.17, 15) is 5.11 Å². The Morgan fingerprint density at radius 1 is 1.31 bits per heavy atom. The Hall–Kier alpha value is -1.10. The molecule has 4 heteroatoms. The van der Waals surface area contributed by atoms with Gasteiger partial charge in [0.1, 0.15) is 18.5 Å². The Bertz CT molecular complexity index is 329. The van der Waals surface area contributed by atoms with Crippen molar-refractivity contribution in [1.82, 2.24) is 0 Å². The molecule has 1 unspecified atom stereocenters. The standard InChI is InChI=1S/C12H19NO3/c1-8-3-10(5-13)4-9(2)12(8)16-7-11(15)6-14/h3-4,11,14-15H,5-7,13H2,1-2H3. The maximum atomic E-state index is 9.21. The van der Waals surface area contributed by atoms with Crippen LogP contribution < -0.4 is 10.5 Å². The van der Waals surface area contributed by atoms with Crippen molar-refractivity contribution in [2.75, 3.05) is 13.2 Å². The van der Waals surface area contributed by atoms with Crippen molar-refractivity contribution < 1.29 is 14.9 Å². The molecule has 90 valence electrons. The first-order valence-corrected chi connectivity index (χ1v) is 5.30. The number of aliphatic hydroxyl groups excluding tert-OH is 2. The largest absolute Gasteiger partial charge is 0.490 e. The molecular weight excluding hydrogens is 206 g/mol. The number of rotatable bonds is 5. The SMILES string of the molecule is Cc1cc(CN)cc(C)c1OCC(O)CO. The number of hydrogen-bond acceptors (Lipinski definition) is 4. The molecule has 1 aromatic carbocycles. The van der Waals surface area contributed by atoms with Crippen LogP contribution in [0.15, 0.2) is 12.1 Å². The Balaban J connectivity index is 2.80. The summed E-state index contributed by atoms with van der Waals surface area (Å²) in [4.78, 5) is 0. The van der Waals surface area contributed by atoms with Gasteiger partial charge in [-0.25, -0.2) is 0 Å². The Kier molecular flexibility index (Phi) is 4.73. The summed E-state index contributed by atoms with van der Waals surface area (Å²) < 4.78 is 5.47. The van der Waals surface area contributed by atoms with E-state index in [1.54, 1.807) is 0 Å². The monoisotopic (exact) mass is 225 g/mol. The second-order valence-electron chi connectivity index (χ2n) is 3.91. The highest BCUT2D eigenvalue weighted by molar-refractivity contribution is 5.43. The molecule has 0 aromatic heterocycles. The fourth-order valence-electron chi connectivity index (χ4n) is 1.62. The van der Waals surface area contributed by atoms with Crippen molar-refractivity contribution in [3.8, 4) is 5.75 Å². The van der Waals surface area contributed by atoms with Gasteiger partial charge < -0.3 is 20.7 Å². The molecule has 0 aliphatic heterocycles. The van der Waals surface area contributed by atoms with Crippen LogP contribution in [0.2, 0.25) is 0 Å². The third kappa shape index (κ3) is 3.20. The van der Waals surface area contributed by atoms with Crippen molar-refractivity contribution in [3.05, 3.63) is 28.8 Å². The molecule has 0 bridgehead atoms. The number of hydrogen-bond donors (Lipinski definition) is 3. The van der Waals surface area contributed by atoms with Crippen molar-refractivity contribution in [2.45, 2.75) is 26.5 Å². The van der Waals surface area contributed by atoms with Crippen LogP contribution in [0, 0.1) is 13.8 Å². The van der Waals surface area contributed by atoms with Crippen molar-refractivity contribution in [3.63, 3.8) is 0 Å². The minimum atomic E-state index is -0.840. The van der Waals surface area contributed by atoms with E-state index >= 15 is 0 Å². The predicted molar refractivity (Wildman–Crippen MR) is 62.4 cm³/mol. The highest BCUT2D eigenvalue weighted by Crippen LogP contribution is 2.24. The third-order valence-corrected chi connectivity index (χ3v) is 2.39. The molecule has 0 amide bonds. The number of ether oxygens (including phenoxy) is 1. The maximum absolute atomic E-state index is 9.21. The summed E-state index contributed by atoms with van der Waals surface area (Å²) in [6.45, 7) is 4.18. The minimum absolute atomic E-state index is 0.0974. The van der Waals surface area contributed by atoms with E-state index in [-0.39, 0.29) is 13.2 Å². The van der Waals surface area contributed by atoms with Crippen LogP contribution in [0.4, 0.5) is 0 Å². The van der Waals surface area contributed by atoms with Crippen LogP contribution in [0.1, 0.15) is 16.7 Å². The van der Waals surface area contributed by atoms with Crippen LogP contribution >= 0.6 is 0 Å². The summed E-state index contributed by atoms with van der Waals surface area (Å²) in [6.07, 6.45) is -0.840. The molecule has 0 spiro atoms. The predicted octanol–water partition coefficient (Wildman–Crippen LogP) is 0.494. The van der Waals surface area contributed by atoms with Gasteiger partial charge in [0.05, 0.1) is 6.61 Å². The minimum Gasteiger partial charge on any atom is -0.490 e. The molecule has 1 atom stereocenters. The summed E-state index contributed by atoms with van der Waals surface area (Å²) >= 11 is 0. The number of benzene rings is 1. The molecule has 0 heterocycles. The lowest BCUT2D eigenvalue weighted by Gasteiger charge is -2.15. The average molecular weight is 225 g/mol. The summed E-state index contributed by atoms with van der Waals surface area (Å²) in [5.41, 5.74) is 8.61. The normalized spacial score (nSPS) is 12.6. The van der Waals surface area contributed by atoms with Crippen molar-refractivity contribution in [1.29, 1.82) is 0 Å². The molecule has 0 saturated carbocycles. The molecule has 0 radical (unpaired) electrons. The lowest BCUT2D eigenvalue weighted by Crippen LogP contribution is -2.21. The van der Waals surface area contributed by atoms with E-state index in [4.69, 9.17) is 15.6 Å². The second kappa shape index (κ2) is 5.84. The van der Waals surface area contributed by atoms with Gasteiger partial charge in [0, 0.05) is 6.54 Å². The van der Waals surface area contributed by atoms with Gasteiger partial charge in [-0.15, -0.1) is 0 Å². The van der Waals surface area contributed by atoms with E-state index < -0.39 is 6.10 Å². The zero-order chi connectivity index (χ0) is 12.1. The molecular formula is C12H19NO3. The Morgan fingerprint density at radius 3 is 2.31 bits per heavy atom. The smallest absolute Gasteiger partial charge is 0.125 e. The van der Waals surface area contributed by atoms with Gasteiger partial charge in [0.25, 0.3) is 0 Å². The molecule has 0 aliphatic carbocycles. The topological polar surface area (TPSA) is 75.7 Å². The van der Waals surface area contributed by atoms with Crippen LogP contribution in [-0.2, 0) is 6.54 Å². The fraction of sp³-hybridized carbons (Fsp3) is 0.500. The molecule has 1 aromatic rings. The quantitative estimate of drug-likeness (QED) is 0.682. The summed E-state index contributed by atoms with van der Waals surface area (Å²) in [6, 6.07) is 3.93. The second-order valence-corrected chi connectivity index (χ2v) is 3.91. The van der Waals surface area contributed by atoms with Crippen LogP contribution in [0.3, 0.4) is 0 Å². The van der Waals surface area contributed by atoms with Gasteiger partial charge in [0.15, 0.2) is 0 Å². The molecule has 16 heavy (non-hydrogen) atoms. The first kappa shape index (κ1) is 13.0. The zero-order valence-corrected chi connectivity index (χ0v) is 9.73.